The topological polar surface area (TPSA) is 35.0 Å². The van der Waals surface area contributed by atoms with Crippen LogP contribution < -0.4 is 10.9 Å². The molecule has 0 bridgehead atoms. The second-order valence-electron chi connectivity index (χ2n) is 0. The first-order valence-corrected chi connectivity index (χ1v) is 0. The van der Waals surface area contributed by atoms with E-state index in [-0.39, 0.29) is 35.0 Å². The van der Waals surface area contributed by atoms with Gasteiger partial charge in [-0.05, 0) is 0 Å². The summed E-state index contributed by atoms with van der Waals surface area (Å²) in [6.45, 7) is 0. The van der Waals surface area contributed by atoms with Gasteiger partial charge in [0.2, 0.25) is 0 Å². The van der Waals surface area contributed by atoms with Gasteiger partial charge >= 0.3 is 0 Å². The van der Waals surface area contributed by atoms with Crippen LogP contribution in [0.5, 0.6) is 0 Å². The van der Waals surface area contributed by atoms with Crippen molar-refractivity contribution in [2.24, 2.45) is 0 Å². The van der Waals surface area contributed by atoms with Crippen LogP contribution in [-0.4, -0.2) is 0 Å². The molecule has 0 saturated heterocycles. The molecule has 3 N–H and O–H groups in total. The third kappa shape index (κ3) is 25.9. The quantitative estimate of drug-likeness (QED) is 0.348. The van der Waals surface area contributed by atoms with Gasteiger partial charge in [0.25, 0.3) is 0 Å². The van der Waals surface area contributed by atoms with Crippen molar-refractivity contribution in [1.29, 1.82) is 0 Å². The molecule has 0 atom stereocenters. The molecule has 0 aliphatic rings. The Labute approximate surface area is 35.8 Å². The van der Waals surface area contributed by atoms with Gasteiger partial charge in [-0.3, -0.25) is 4.70 Å². The molecule has 0 aliphatic carbocycles. The van der Waals surface area contributed by atoms with E-state index in [4.69, 9.17) is 0 Å². The Kier molecular flexibility index (Phi) is 7010. The minimum atomic E-state index is 0. The van der Waals surface area contributed by atoms with Crippen molar-refractivity contribution in [1.82, 2.24) is 6.15 Å². The van der Waals surface area contributed by atoms with Crippen molar-refractivity contribution in [3.8, 4) is 0 Å². The molecule has 0 aromatic rings. The predicted molar refractivity (Wildman–Crippen MR) is 7.53 cm³/mol. The van der Waals surface area contributed by atoms with Gasteiger partial charge in [-0.1, -0.05) is 0 Å². The SMILES string of the molecule is F.N.[F-].[Zn]. The molecule has 0 amide bonds. The molecule has 0 spiro atoms. The zero-order valence-corrected chi connectivity index (χ0v) is 5.17. The van der Waals surface area contributed by atoms with E-state index in [2.05, 4.69) is 0 Å². The first kappa shape index (κ1) is 268. The molecule has 0 heterocycles. The molecule has 4 heavy (non-hydrogen) atoms. The number of hydrogen-bond acceptors (Lipinski definition) is 1. The zero-order valence-electron chi connectivity index (χ0n) is 2.20. The molecule has 0 rings (SSSR count). The third-order valence-electron chi connectivity index (χ3n) is 0. The normalized spacial score (nSPS) is 0. The van der Waals surface area contributed by atoms with Crippen molar-refractivity contribution in [2.45, 2.75) is 0 Å². The van der Waals surface area contributed by atoms with Gasteiger partial charge < -0.3 is 10.9 Å². The standard InChI is InChI=1S/2FH.H3N.Zn/h2*1H;1H3;/p-1. The Balaban J connectivity index is 0. The summed E-state index contributed by atoms with van der Waals surface area (Å²) in [5.74, 6) is 0. The molecule has 0 aromatic heterocycles. The summed E-state index contributed by atoms with van der Waals surface area (Å²) in [6.07, 6.45) is 0. The average molecular weight is 121 g/mol. The maximum absolute atomic E-state index is 0. The fourth-order valence-corrected chi connectivity index (χ4v) is 0. The van der Waals surface area contributed by atoms with E-state index in [9.17, 15) is 0 Å². The van der Waals surface area contributed by atoms with E-state index in [1.807, 2.05) is 0 Å². The Hall–Kier alpha value is 0.443. The van der Waals surface area contributed by atoms with Crippen LogP contribution in [0.15, 0.2) is 0 Å². The van der Waals surface area contributed by atoms with Crippen LogP contribution in [0.4, 0.5) is 4.70 Å². The fourth-order valence-electron chi connectivity index (χ4n) is 0. The summed E-state index contributed by atoms with van der Waals surface area (Å²) in [7, 11) is 0. The summed E-state index contributed by atoms with van der Waals surface area (Å²) in [5, 5.41) is 0. The second kappa shape index (κ2) is 105. The van der Waals surface area contributed by atoms with Crippen molar-refractivity contribution in [3.63, 3.8) is 0 Å². The molecule has 0 aliphatic heterocycles. The molecular weight excluding hydrogens is 117 g/mol. The summed E-state index contributed by atoms with van der Waals surface area (Å²) >= 11 is 0. The first-order chi connectivity index (χ1) is 0. The van der Waals surface area contributed by atoms with Crippen LogP contribution in [0.25, 0.3) is 0 Å². The fraction of sp³-hybridized carbons (Fsp3) is 0. The van der Waals surface area contributed by atoms with Gasteiger partial charge in [-0.15, -0.1) is 0 Å². The van der Waals surface area contributed by atoms with Gasteiger partial charge in [-0.25, -0.2) is 0 Å². The Bertz CT molecular complexity index is 6.00. The molecule has 1 nitrogen and oxygen atoms in total. The van der Waals surface area contributed by atoms with Crippen molar-refractivity contribution < 1.29 is 28.9 Å². The van der Waals surface area contributed by atoms with Crippen LogP contribution >= 0.6 is 0 Å². The minimum absolute atomic E-state index is 0. The third-order valence-corrected chi connectivity index (χ3v) is 0. The monoisotopic (exact) mass is 120 g/mol. The largest absolute Gasteiger partial charge is 1.00 e. The second-order valence-corrected chi connectivity index (χ2v) is 0. The number of hydrogen-bond donors (Lipinski definition) is 1. The molecule has 0 fully saturated rings. The van der Waals surface area contributed by atoms with E-state index < -0.39 is 0 Å². The molecule has 0 saturated carbocycles. The average Bonchev–Trinajstić information content (AvgIpc) is 0. The van der Waals surface area contributed by atoms with Gasteiger partial charge in [0.15, 0.2) is 0 Å². The summed E-state index contributed by atoms with van der Waals surface area (Å²) < 4.78 is 0. The Morgan fingerprint density at radius 2 is 1.00 bits per heavy atom. The van der Waals surface area contributed by atoms with Crippen molar-refractivity contribution in [3.05, 3.63) is 0 Å². The summed E-state index contributed by atoms with van der Waals surface area (Å²) in [4.78, 5) is 0. The van der Waals surface area contributed by atoms with Crippen LogP contribution in [-0.2, 0) is 19.5 Å². The summed E-state index contributed by atoms with van der Waals surface area (Å²) in [5.41, 5.74) is 0. The van der Waals surface area contributed by atoms with E-state index in [1.165, 1.54) is 0 Å². The maximum atomic E-state index is 0. The van der Waals surface area contributed by atoms with Gasteiger partial charge in [0.05, 0.1) is 0 Å². The van der Waals surface area contributed by atoms with Crippen LogP contribution in [0.2, 0.25) is 0 Å². The van der Waals surface area contributed by atoms with Gasteiger partial charge in [-0.2, -0.15) is 0 Å². The molecule has 4 heteroatoms. The molecular formula is H4F2NZn-. The van der Waals surface area contributed by atoms with E-state index in [1.54, 1.807) is 0 Å². The number of rotatable bonds is 0. The van der Waals surface area contributed by atoms with Gasteiger partial charge in [0, 0.05) is 19.5 Å². The predicted octanol–water partition coefficient (Wildman–Crippen LogP) is -2.68. The molecule has 0 radical (unpaired) electrons. The maximum Gasteiger partial charge on any atom is 0 e. The summed E-state index contributed by atoms with van der Waals surface area (Å²) in [6, 6.07) is 0. The smallest absolute Gasteiger partial charge is 0 e. The Morgan fingerprint density at radius 1 is 1.00 bits per heavy atom. The first-order valence-electron chi connectivity index (χ1n) is 0. The minimum Gasteiger partial charge on any atom is -1.00 e. The molecule has 0 aromatic carbocycles. The van der Waals surface area contributed by atoms with Gasteiger partial charge in [0.1, 0.15) is 0 Å². The van der Waals surface area contributed by atoms with E-state index >= 15 is 0 Å². The molecule has 26 valence electrons. The van der Waals surface area contributed by atoms with Crippen LogP contribution in [0.3, 0.4) is 0 Å². The van der Waals surface area contributed by atoms with Crippen LogP contribution in [0.1, 0.15) is 0 Å². The number of halogens is 2. The van der Waals surface area contributed by atoms with Crippen molar-refractivity contribution >= 4 is 0 Å². The van der Waals surface area contributed by atoms with E-state index in [0.29, 0.717) is 0 Å². The zero-order chi connectivity index (χ0) is 0. The van der Waals surface area contributed by atoms with Crippen LogP contribution in [0, 0.1) is 0 Å². The molecule has 0 unspecified atom stereocenters. The Morgan fingerprint density at radius 3 is 1.00 bits per heavy atom. The van der Waals surface area contributed by atoms with Crippen molar-refractivity contribution in [2.75, 3.05) is 0 Å². The van der Waals surface area contributed by atoms with E-state index in [0.717, 1.165) is 0 Å².